The summed E-state index contributed by atoms with van der Waals surface area (Å²) in [5, 5.41) is 5.52. The minimum Gasteiger partial charge on any atom is -0.339 e. The lowest BCUT2D eigenvalue weighted by molar-refractivity contribution is -0.119. The summed E-state index contributed by atoms with van der Waals surface area (Å²) in [6, 6.07) is 0.0644. The molecule has 1 aromatic heterocycles. The van der Waals surface area contributed by atoms with Crippen LogP contribution in [0.15, 0.2) is 5.38 Å². The molecule has 0 saturated heterocycles. The molecule has 0 saturated carbocycles. The summed E-state index contributed by atoms with van der Waals surface area (Å²) in [4.78, 5) is 5.55. The molecular formula is C12H20F3N3S. The molecule has 0 aliphatic heterocycles. The first-order chi connectivity index (χ1) is 8.87. The van der Waals surface area contributed by atoms with Gasteiger partial charge in [0.25, 0.3) is 0 Å². The molecule has 0 bridgehead atoms. The average Bonchev–Trinajstić information content (AvgIpc) is 2.81. The predicted octanol–water partition coefficient (Wildman–Crippen LogP) is 3.59. The molecule has 1 heterocycles. The molecule has 1 unspecified atom stereocenters. The summed E-state index contributed by atoms with van der Waals surface area (Å²) in [5.74, 6) is 0. The Kier molecular flexibility index (Phi) is 6.06. The van der Waals surface area contributed by atoms with Crippen LogP contribution in [0.25, 0.3) is 0 Å². The fourth-order valence-corrected chi connectivity index (χ4v) is 2.60. The number of alkyl halides is 3. The van der Waals surface area contributed by atoms with E-state index in [9.17, 15) is 13.2 Å². The maximum atomic E-state index is 12.4. The van der Waals surface area contributed by atoms with Crippen LogP contribution in [0.1, 0.15) is 38.9 Å². The largest absolute Gasteiger partial charge is 0.406 e. The van der Waals surface area contributed by atoms with Gasteiger partial charge in [0, 0.05) is 18.0 Å². The first kappa shape index (κ1) is 16.2. The third kappa shape index (κ3) is 5.36. The minimum atomic E-state index is -4.20. The highest BCUT2D eigenvalue weighted by Gasteiger charge is 2.31. The summed E-state index contributed by atoms with van der Waals surface area (Å²) < 4.78 is 37.3. The molecule has 0 spiro atoms. The van der Waals surface area contributed by atoms with E-state index in [2.05, 4.69) is 17.2 Å². The Balaban J connectivity index is 2.71. The molecule has 1 aromatic rings. The summed E-state index contributed by atoms with van der Waals surface area (Å²) in [5.41, 5.74) is 0.800. The zero-order valence-corrected chi connectivity index (χ0v) is 12.2. The molecule has 0 amide bonds. The van der Waals surface area contributed by atoms with Crippen LogP contribution in [-0.2, 0) is 0 Å². The van der Waals surface area contributed by atoms with Crippen LogP contribution in [0.4, 0.5) is 18.3 Å². The summed E-state index contributed by atoms with van der Waals surface area (Å²) >= 11 is 1.26. The highest BCUT2D eigenvalue weighted by atomic mass is 32.1. The average molecular weight is 295 g/mol. The normalized spacial score (nSPS) is 13.6. The van der Waals surface area contributed by atoms with E-state index < -0.39 is 12.7 Å². The SMILES string of the molecule is CCCNC(C)c1csc(N(CC)CC(F)(F)F)n1. The van der Waals surface area contributed by atoms with Crippen molar-refractivity contribution in [1.82, 2.24) is 10.3 Å². The van der Waals surface area contributed by atoms with Crippen molar-refractivity contribution in [2.45, 2.75) is 39.4 Å². The second-order valence-electron chi connectivity index (χ2n) is 4.36. The van der Waals surface area contributed by atoms with Gasteiger partial charge in [0.15, 0.2) is 5.13 Å². The van der Waals surface area contributed by atoms with Crippen LogP contribution in [-0.4, -0.2) is 30.8 Å². The molecule has 7 heteroatoms. The van der Waals surface area contributed by atoms with E-state index in [0.717, 1.165) is 18.7 Å². The van der Waals surface area contributed by atoms with Gasteiger partial charge in [-0.05, 0) is 26.8 Å². The van der Waals surface area contributed by atoms with Crippen molar-refractivity contribution >= 4 is 16.5 Å². The molecule has 1 atom stereocenters. The Labute approximate surface area is 115 Å². The second kappa shape index (κ2) is 7.09. The highest BCUT2D eigenvalue weighted by Crippen LogP contribution is 2.27. The third-order valence-corrected chi connectivity index (χ3v) is 3.60. The van der Waals surface area contributed by atoms with E-state index in [1.807, 2.05) is 12.3 Å². The van der Waals surface area contributed by atoms with E-state index in [4.69, 9.17) is 0 Å². The molecule has 0 aromatic carbocycles. The molecule has 110 valence electrons. The lowest BCUT2D eigenvalue weighted by Gasteiger charge is -2.21. The van der Waals surface area contributed by atoms with Crippen LogP contribution in [0, 0.1) is 0 Å². The molecule has 0 aliphatic carbocycles. The molecular weight excluding hydrogens is 275 g/mol. The van der Waals surface area contributed by atoms with Gasteiger partial charge in [0.05, 0.1) is 5.69 Å². The first-order valence-corrected chi connectivity index (χ1v) is 7.25. The number of rotatable bonds is 7. The molecule has 1 rings (SSSR count). The lowest BCUT2D eigenvalue weighted by atomic mass is 10.2. The second-order valence-corrected chi connectivity index (χ2v) is 5.20. The fourth-order valence-electron chi connectivity index (χ4n) is 1.62. The number of nitrogens with zero attached hydrogens (tertiary/aromatic N) is 2. The van der Waals surface area contributed by atoms with Crippen LogP contribution in [0.2, 0.25) is 0 Å². The fraction of sp³-hybridized carbons (Fsp3) is 0.750. The minimum absolute atomic E-state index is 0.0644. The van der Waals surface area contributed by atoms with Crippen molar-refractivity contribution in [2.24, 2.45) is 0 Å². The highest BCUT2D eigenvalue weighted by molar-refractivity contribution is 7.13. The Morgan fingerprint density at radius 2 is 2.11 bits per heavy atom. The monoisotopic (exact) mass is 295 g/mol. The first-order valence-electron chi connectivity index (χ1n) is 6.37. The Hall–Kier alpha value is -0.820. The van der Waals surface area contributed by atoms with E-state index in [0.29, 0.717) is 11.7 Å². The number of thiazole rings is 1. The van der Waals surface area contributed by atoms with Gasteiger partial charge < -0.3 is 10.2 Å². The maximum Gasteiger partial charge on any atom is 0.406 e. The third-order valence-electron chi connectivity index (χ3n) is 2.68. The quantitative estimate of drug-likeness (QED) is 0.833. The van der Waals surface area contributed by atoms with Crippen molar-refractivity contribution < 1.29 is 13.2 Å². The van der Waals surface area contributed by atoms with E-state index in [-0.39, 0.29) is 6.04 Å². The van der Waals surface area contributed by atoms with Gasteiger partial charge in [-0.15, -0.1) is 11.3 Å². The lowest BCUT2D eigenvalue weighted by Crippen LogP contribution is -2.34. The van der Waals surface area contributed by atoms with Gasteiger partial charge in [0.1, 0.15) is 6.54 Å². The number of aromatic nitrogens is 1. The molecule has 1 N–H and O–H groups in total. The summed E-state index contributed by atoms with van der Waals surface area (Å²) in [6.45, 7) is 5.94. The van der Waals surface area contributed by atoms with Crippen molar-refractivity contribution in [1.29, 1.82) is 0 Å². The Morgan fingerprint density at radius 1 is 1.42 bits per heavy atom. The van der Waals surface area contributed by atoms with Crippen molar-refractivity contribution in [2.75, 3.05) is 24.5 Å². The van der Waals surface area contributed by atoms with E-state index >= 15 is 0 Å². The van der Waals surface area contributed by atoms with E-state index in [1.54, 1.807) is 6.92 Å². The smallest absolute Gasteiger partial charge is 0.339 e. The number of hydrogen-bond donors (Lipinski definition) is 1. The standard InChI is InChI=1S/C12H20F3N3S/c1-4-6-16-9(3)10-7-19-11(17-10)18(5-2)8-12(13,14)15/h7,9,16H,4-6,8H2,1-3H3. The Bertz CT molecular complexity index is 379. The molecule has 0 aliphatic rings. The topological polar surface area (TPSA) is 28.2 Å². The van der Waals surface area contributed by atoms with Gasteiger partial charge in [-0.3, -0.25) is 0 Å². The van der Waals surface area contributed by atoms with Crippen molar-refractivity contribution in [3.8, 4) is 0 Å². The number of anilines is 1. The number of hydrogen-bond acceptors (Lipinski definition) is 4. The van der Waals surface area contributed by atoms with Crippen molar-refractivity contribution in [3.05, 3.63) is 11.1 Å². The molecule has 3 nitrogen and oxygen atoms in total. The molecule has 19 heavy (non-hydrogen) atoms. The number of halogens is 3. The maximum absolute atomic E-state index is 12.4. The molecule has 0 fully saturated rings. The van der Waals surface area contributed by atoms with Crippen LogP contribution >= 0.6 is 11.3 Å². The zero-order valence-electron chi connectivity index (χ0n) is 11.4. The Morgan fingerprint density at radius 3 is 2.63 bits per heavy atom. The van der Waals surface area contributed by atoms with Crippen LogP contribution in [0.5, 0.6) is 0 Å². The summed E-state index contributed by atoms with van der Waals surface area (Å²) in [6.07, 6.45) is -3.19. The van der Waals surface area contributed by atoms with Gasteiger partial charge in [-0.2, -0.15) is 13.2 Å². The van der Waals surface area contributed by atoms with Crippen LogP contribution in [0.3, 0.4) is 0 Å². The van der Waals surface area contributed by atoms with E-state index in [1.165, 1.54) is 16.2 Å². The number of nitrogens with one attached hydrogen (secondary N) is 1. The van der Waals surface area contributed by atoms with Gasteiger partial charge >= 0.3 is 6.18 Å². The van der Waals surface area contributed by atoms with Gasteiger partial charge in [0.2, 0.25) is 0 Å². The van der Waals surface area contributed by atoms with Gasteiger partial charge in [-0.1, -0.05) is 6.92 Å². The van der Waals surface area contributed by atoms with Crippen LogP contribution < -0.4 is 10.2 Å². The predicted molar refractivity (Wildman–Crippen MR) is 72.8 cm³/mol. The zero-order chi connectivity index (χ0) is 14.5. The molecule has 0 radical (unpaired) electrons. The summed E-state index contributed by atoms with van der Waals surface area (Å²) in [7, 11) is 0. The van der Waals surface area contributed by atoms with Crippen molar-refractivity contribution in [3.63, 3.8) is 0 Å². The van der Waals surface area contributed by atoms with Gasteiger partial charge in [-0.25, -0.2) is 4.98 Å².